The zero-order valence-electron chi connectivity index (χ0n) is 18.5. The molecule has 5 N–H and O–H groups in total. The van der Waals surface area contributed by atoms with Crippen molar-refractivity contribution in [3.63, 3.8) is 0 Å². The summed E-state index contributed by atoms with van der Waals surface area (Å²) in [5, 5.41) is 2.48. The van der Waals surface area contributed by atoms with Crippen molar-refractivity contribution < 1.29 is 18.7 Å². The van der Waals surface area contributed by atoms with Crippen molar-refractivity contribution in [2.75, 3.05) is 13.7 Å². The number of amides is 1. The highest BCUT2D eigenvalue weighted by molar-refractivity contribution is 6.74. The van der Waals surface area contributed by atoms with Gasteiger partial charge in [0.15, 0.2) is 14.5 Å². The summed E-state index contributed by atoms with van der Waals surface area (Å²) in [6, 6.07) is -0.378. The Morgan fingerprint density at radius 1 is 1.45 bits per heavy atom. The molecule has 1 fully saturated rings. The first kappa shape index (κ1) is 23.6. The van der Waals surface area contributed by atoms with Crippen molar-refractivity contribution in [1.29, 1.82) is 0 Å². The van der Waals surface area contributed by atoms with Crippen LogP contribution in [0.2, 0.25) is 18.1 Å². The fraction of sp³-hybridized carbons (Fsp3) is 0.684. The molecule has 1 unspecified atom stereocenters. The predicted octanol–water partition coefficient (Wildman–Crippen LogP) is 1.61. The van der Waals surface area contributed by atoms with E-state index in [1.54, 1.807) is 24.9 Å². The minimum absolute atomic E-state index is 0.00707. The van der Waals surface area contributed by atoms with E-state index < -0.39 is 26.6 Å². The van der Waals surface area contributed by atoms with Gasteiger partial charge in [-0.05, 0) is 25.1 Å². The summed E-state index contributed by atoms with van der Waals surface area (Å²) in [6.07, 6.45) is 0.319. The number of carbonyl (C=O) groups excluding carboxylic acids is 1. The highest BCUT2D eigenvalue weighted by Crippen LogP contribution is 2.41. The number of aromatic nitrogens is 2. The monoisotopic (exact) mass is 425 g/mol. The molecule has 2 heterocycles. The van der Waals surface area contributed by atoms with E-state index in [1.165, 1.54) is 0 Å². The van der Waals surface area contributed by atoms with Crippen LogP contribution in [0.25, 0.3) is 0 Å². The lowest BCUT2D eigenvalue weighted by Crippen LogP contribution is -2.51. The zero-order chi connectivity index (χ0) is 22.1. The number of hydrogen-bond donors (Lipinski definition) is 3. The number of rotatable bonds is 7. The number of hydrogen-bond acceptors (Lipinski definition) is 7. The van der Waals surface area contributed by atoms with Gasteiger partial charge in [0.25, 0.3) is 5.91 Å². The first-order valence-corrected chi connectivity index (χ1v) is 12.6. The Labute approximate surface area is 173 Å². The van der Waals surface area contributed by atoms with E-state index in [9.17, 15) is 4.79 Å². The molecule has 0 saturated carbocycles. The molecule has 164 valence electrons. The van der Waals surface area contributed by atoms with Gasteiger partial charge in [-0.3, -0.25) is 4.79 Å². The van der Waals surface area contributed by atoms with E-state index in [-0.39, 0.29) is 28.7 Å². The van der Waals surface area contributed by atoms with Gasteiger partial charge in [0.2, 0.25) is 0 Å². The van der Waals surface area contributed by atoms with Crippen molar-refractivity contribution in [1.82, 2.24) is 14.9 Å². The highest BCUT2D eigenvalue weighted by Gasteiger charge is 2.49. The molecule has 1 aromatic rings. The first-order chi connectivity index (χ1) is 13.3. The maximum Gasteiger partial charge on any atom is 0.277 e. The third-order valence-corrected chi connectivity index (χ3v) is 10.3. The molecule has 1 amide bonds. The molecule has 1 aliphatic heterocycles. The maximum absolute atomic E-state index is 12.3. The number of ether oxygens (including phenoxy) is 2. The second-order valence-corrected chi connectivity index (χ2v) is 13.8. The van der Waals surface area contributed by atoms with Gasteiger partial charge >= 0.3 is 0 Å². The summed E-state index contributed by atoms with van der Waals surface area (Å²) < 4.78 is 20.0. The summed E-state index contributed by atoms with van der Waals surface area (Å²) in [7, 11) is -0.526. The van der Waals surface area contributed by atoms with E-state index in [2.05, 4.69) is 50.7 Å². The second kappa shape index (κ2) is 8.56. The van der Waals surface area contributed by atoms with Crippen molar-refractivity contribution >= 4 is 14.2 Å². The van der Waals surface area contributed by atoms with Crippen molar-refractivity contribution in [2.24, 2.45) is 11.5 Å². The minimum Gasteiger partial charge on any atom is -0.408 e. The van der Waals surface area contributed by atoms with Gasteiger partial charge in [0.05, 0.1) is 24.8 Å². The minimum atomic E-state index is -2.14. The van der Waals surface area contributed by atoms with Crippen LogP contribution in [0.3, 0.4) is 0 Å². The molecule has 0 radical (unpaired) electrons. The molecule has 0 spiro atoms. The molecule has 0 bridgehead atoms. The van der Waals surface area contributed by atoms with E-state index in [4.69, 9.17) is 25.4 Å². The normalized spacial score (nSPS) is 25.2. The van der Waals surface area contributed by atoms with Crippen molar-refractivity contribution in [3.8, 4) is 0 Å². The van der Waals surface area contributed by atoms with Crippen LogP contribution in [0.4, 0.5) is 0 Å². The van der Waals surface area contributed by atoms with Gasteiger partial charge in [0.1, 0.15) is 17.9 Å². The summed E-state index contributed by atoms with van der Waals surface area (Å²) in [5.74, 6) is -0.367. The molecule has 2 rings (SSSR count). The van der Waals surface area contributed by atoms with Crippen LogP contribution in [-0.4, -0.2) is 55.7 Å². The van der Waals surface area contributed by atoms with Crippen LogP contribution in [0, 0.1) is 6.92 Å². The summed E-state index contributed by atoms with van der Waals surface area (Å²) in [5.41, 5.74) is 12.9. The fourth-order valence-corrected chi connectivity index (χ4v) is 4.36. The Morgan fingerprint density at radius 3 is 2.59 bits per heavy atom. The average molecular weight is 426 g/mol. The van der Waals surface area contributed by atoms with E-state index in [0.29, 0.717) is 12.3 Å². The third kappa shape index (κ3) is 4.89. The smallest absolute Gasteiger partial charge is 0.277 e. The van der Waals surface area contributed by atoms with Crippen LogP contribution in [-0.2, 0) is 13.9 Å². The van der Waals surface area contributed by atoms with Gasteiger partial charge in [-0.2, -0.15) is 0 Å². The number of nitrogens with zero attached hydrogens (tertiary/aromatic N) is 2. The number of nitrogens with one attached hydrogen (secondary N) is 1. The number of methoxy groups -OCH3 is 1. The SMILES string of the molecule is C=C(N)NC(=O)c1ncn([C@@H]2O[C@H](COC)[C@@H](N)C2O[Si](C)(C)C(C)(C)C)c1C. The molecule has 10 heteroatoms. The lowest BCUT2D eigenvalue weighted by Gasteiger charge is -2.40. The number of nitrogens with two attached hydrogens (primary N) is 2. The standard InChI is InChI=1S/C19H35N5O4Si/c1-11-15(17(25)23-12(2)20)22-10-24(11)18-16(14(21)13(27-18)9-26-6)28-29(7,8)19(3,4)5/h10,13-14,16,18H,2,9,20-21H2,1,3-8H3,(H,23,25)/t13-,14-,16?,18-/m1/s1. The Balaban J connectivity index is 2.39. The van der Waals surface area contributed by atoms with Crippen LogP contribution >= 0.6 is 0 Å². The Bertz CT molecular complexity index is 758. The first-order valence-electron chi connectivity index (χ1n) is 9.67. The lowest BCUT2D eigenvalue weighted by atomic mass is 10.1. The van der Waals surface area contributed by atoms with Crippen LogP contribution < -0.4 is 16.8 Å². The quantitative estimate of drug-likeness (QED) is 0.566. The van der Waals surface area contributed by atoms with Crippen LogP contribution in [0.1, 0.15) is 43.2 Å². The van der Waals surface area contributed by atoms with Gasteiger partial charge in [-0.15, -0.1) is 0 Å². The molecular weight excluding hydrogens is 390 g/mol. The van der Waals surface area contributed by atoms with E-state index in [0.717, 1.165) is 0 Å². The van der Waals surface area contributed by atoms with Crippen LogP contribution in [0.5, 0.6) is 0 Å². The predicted molar refractivity (Wildman–Crippen MR) is 114 cm³/mol. The van der Waals surface area contributed by atoms with E-state index >= 15 is 0 Å². The van der Waals surface area contributed by atoms with Gasteiger partial charge in [-0.25, -0.2) is 4.98 Å². The number of imidazole rings is 1. The molecule has 1 saturated heterocycles. The Morgan fingerprint density at radius 2 is 2.07 bits per heavy atom. The molecule has 1 aliphatic rings. The zero-order valence-corrected chi connectivity index (χ0v) is 19.5. The molecular formula is C19H35N5O4Si. The second-order valence-electron chi connectivity index (χ2n) is 9.01. The highest BCUT2D eigenvalue weighted by atomic mass is 28.4. The molecule has 9 nitrogen and oxygen atoms in total. The lowest BCUT2D eigenvalue weighted by molar-refractivity contribution is -0.0547. The molecule has 29 heavy (non-hydrogen) atoms. The summed E-state index contributed by atoms with van der Waals surface area (Å²) in [6.45, 7) is 16.5. The molecule has 1 aromatic heterocycles. The van der Waals surface area contributed by atoms with Gasteiger partial charge < -0.3 is 35.3 Å². The van der Waals surface area contributed by atoms with Gasteiger partial charge in [-0.1, -0.05) is 27.4 Å². The Kier molecular flexibility index (Phi) is 6.96. The summed E-state index contributed by atoms with van der Waals surface area (Å²) >= 11 is 0. The molecule has 4 atom stereocenters. The largest absolute Gasteiger partial charge is 0.408 e. The third-order valence-electron chi connectivity index (χ3n) is 5.78. The van der Waals surface area contributed by atoms with Crippen LogP contribution in [0.15, 0.2) is 18.7 Å². The Hall–Kier alpha value is -1.72. The molecule has 0 aromatic carbocycles. The van der Waals surface area contributed by atoms with E-state index in [1.807, 2.05) is 0 Å². The number of carbonyl (C=O) groups is 1. The average Bonchev–Trinajstić information content (AvgIpc) is 3.08. The van der Waals surface area contributed by atoms with Crippen molar-refractivity contribution in [2.45, 2.75) is 70.3 Å². The topological polar surface area (TPSA) is 127 Å². The molecule has 0 aliphatic carbocycles. The summed E-state index contributed by atoms with van der Waals surface area (Å²) in [4.78, 5) is 16.6. The van der Waals surface area contributed by atoms with Crippen molar-refractivity contribution in [3.05, 3.63) is 30.1 Å². The maximum atomic E-state index is 12.3. The van der Waals surface area contributed by atoms with Gasteiger partial charge in [0, 0.05) is 12.8 Å². The fourth-order valence-electron chi connectivity index (χ4n) is 3.05.